The molecule has 43 heavy (non-hydrogen) atoms. The summed E-state index contributed by atoms with van der Waals surface area (Å²) in [5.41, 5.74) is 1.36. The van der Waals surface area contributed by atoms with E-state index < -0.39 is 35.3 Å². The van der Waals surface area contributed by atoms with Gasteiger partial charge in [0.25, 0.3) is 5.91 Å². The highest BCUT2D eigenvalue weighted by Crippen LogP contribution is 2.37. The first-order valence-corrected chi connectivity index (χ1v) is 14.3. The van der Waals surface area contributed by atoms with E-state index in [0.29, 0.717) is 48.6 Å². The molecule has 0 aromatic heterocycles. The summed E-state index contributed by atoms with van der Waals surface area (Å²) in [6.07, 6.45) is -2.76. The number of amides is 2. The second-order valence-corrected chi connectivity index (χ2v) is 11.7. The topological polar surface area (TPSA) is 71.5 Å². The van der Waals surface area contributed by atoms with E-state index in [2.05, 4.69) is 39.1 Å². The molecule has 3 heterocycles. The van der Waals surface area contributed by atoms with Crippen LogP contribution < -0.4 is 10.2 Å². The molecule has 3 aliphatic rings. The van der Waals surface area contributed by atoms with Crippen molar-refractivity contribution in [3.63, 3.8) is 0 Å². The number of nitrogens with one attached hydrogen (secondary N) is 1. The van der Waals surface area contributed by atoms with Gasteiger partial charge >= 0.3 is 6.18 Å². The SMILES string of the molecule is CN1CCN(c2ccc(-c3cc(CN4CC[C@@H](N(C)C)C4)ccc3F)cc2NC(=O)C2C=NC(=O)C=C2C(F)(F)F)CC1. The van der Waals surface area contributed by atoms with E-state index in [4.69, 9.17) is 0 Å². The summed E-state index contributed by atoms with van der Waals surface area (Å²) in [6.45, 7) is 5.31. The van der Waals surface area contributed by atoms with Crippen molar-refractivity contribution in [3.05, 3.63) is 59.4 Å². The number of dihydropyridines is 1. The Morgan fingerprint density at radius 2 is 1.81 bits per heavy atom. The molecule has 2 aromatic carbocycles. The molecule has 2 aromatic rings. The van der Waals surface area contributed by atoms with Gasteiger partial charge in [0.1, 0.15) is 11.7 Å². The molecule has 12 heteroatoms. The fraction of sp³-hybridized carbons (Fsp3) is 0.452. The van der Waals surface area contributed by atoms with E-state index in [9.17, 15) is 22.8 Å². The lowest BCUT2D eigenvalue weighted by molar-refractivity contribution is -0.124. The molecule has 230 valence electrons. The molecule has 2 fully saturated rings. The molecule has 0 radical (unpaired) electrons. The van der Waals surface area contributed by atoms with Crippen LogP contribution in [-0.4, -0.2) is 105 Å². The van der Waals surface area contributed by atoms with Crippen LogP contribution in [0.4, 0.5) is 28.9 Å². The van der Waals surface area contributed by atoms with Gasteiger partial charge in [-0.1, -0.05) is 12.1 Å². The van der Waals surface area contributed by atoms with Gasteiger partial charge in [0.15, 0.2) is 0 Å². The molecule has 5 rings (SSSR count). The minimum Gasteiger partial charge on any atom is -0.367 e. The Labute approximate surface area is 248 Å². The van der Waals surface area contributed by atoms with Gasteiger partial charge in [0.05, 0.1) is 16.9 Å². The van der Waals surface area contributed by atoms with Crippen molar-refractivity contribution in [1.29, 1.82) is 0 Å². The van der Waals surface area contributed by atoms with E-state index in [-0.39, 0.29) is 5.69 Å². The summed E-state index contributed by atoms with van der Waals surface area (Å²) in [7, 11) is 6.12. The largest absolute Gasteiger partial charge is 0.414 e. The van der Waals surface area contributed by atoms with Gasteiger partial charge in [-0.2, -0.15) is 13.2 Å². The Morgan fingerprint density at radius 1 is 1.07 bits per heavy atom. The van der Waals surface area contributed by atoms with Crippen LogP contribution in [0, 0.1) is 11.7 Å². The maximum absolute atomic E-state index is 15.2. The zero-order valence-corrected chi connectivity index (χ0v) is 24.5. The normalized spacial score (nSPS) is 21.9. The highest BCUT2D eigenvalue weighted by molar-refractivity contribution is 6.11. The van der Waals surface area contributed by atoms with Crippen molar-refractivity contribution < 1.29 is 27.2 Å². The minimum atomic E-state index is -4.89. The molecular formula is C31H36F4N6O2. The molecule has 0 saturated carbocycles. The molecule has 1 unspecified atom stereocenters. The van der Waals surface area contributed by atoms with Crippen LogP contribution in [0.25, 0.3) is 11.1 Å². The summed E-state index contributed by atoms with van der Waals surface area (Å²) < 4.78 is 56.4. The monoisotopic (exact) mass is 600 g/mol. The molecule has 0 bridgehead atoms. The summed E-state index contributed by atoms with van der Waals surface area (Å²) in [6, 6.07) is 10.6. The van der Waals surface area contributed by atoms with Crippen molar-refractivity contribution >= 4 is 29.4 Å². The number of carbonyl (C=O) groups excluding carboxylic acids is 2. The third-order valence-corrected chi connectivity index (χ3v) is 8.40. The summed E-state index contributed by atoms with van der Waals surface area (Å²) >= 11 is 0. The number of carbonyl (C=O) groups is 2. The zero-order valence-electron chi connectivity index (χ0n) is 24.5. The average molecular weight is 601 g/mol. The van der Waals surface area contributed by atoms with E-state index in [1.807, 2.05) is 11.9 Å². The summed E-state index contributed by atoms with van der Waals surface area (Å²) in [5, 5.41) is 2.65. The van der Waals surface area contributed by atoms with Gasteiger partial charge in [-0.25, -0.2) is 9.38 Å². The highest BCUT2D eigenvalue weighted by atomic mass is 19.4. The van der Waals surface area contributed by atoms with Gasteiger partial charge in [-0.05, 0) is 63.0 Å². The molecule has 0 aliphatic carbocycles. The number of halogens is 4. The van der Waals surface area contributed by atoms with Gasteiger partial charge in [0, 0.05) is 69.7 Å². The van der Waals surface area contributed by atoms with Gasteiger partial charge in [-0.15, -0.1) is 0 Å². The van der Waals surface area contributed by atoms with E-state index in [0.717, 1.165) is 44.4 Å². The van der Waals surface area contributed by atoms with Crippen LogP contribution >= 0.6 is 0 Å². The second kappa shape index (κ2) is 12.6. The molecule has 1 N–H and O–H groups in total. The number of likely N-dealkylation sites (tertiary alicyclic amines) is 1. The van der Waals surface area contributed by atoms with Crippen molar-refractivity contribution in [2.75, 3.05) is 70.6 Å². The highest BCUT2D eigenvalue weighted by Gasteiger charge is 2.43. The third-order valence-electron chi connectivity index (χ3n) is 8.40. The van der Waals surface area contributed by atoms with Crippen molar-refractivity contribution in [2.45, 2.75) is 25.2 Å². The molecule has 3 aliphatic heterocycles. The number of nitrogens with zero attached hydrogens (tertiary/aromatic N) is 5. The van der Waals surface area contributed by atoms with Crippen LogP contribution in [0.3, 0.4) is 0 Å². The number of piperazine rings is 1. The maximum atomic E-state index is 15.2. The van der Waals surface area contributed by atoms with Crippen LogP contribution in [-0.2, 0) is 16.1 Å². The molecule has 8 nitrogen and oxygen atoms in total. The average Bonchev–Trinajstić information content (AvgIpc) is 3.43. The number of likely N-dealkylation sites (N-methyl/N-ethyl adjacent to an activating group) is 2. The number of alkyl halides is 3. The maximum Gasteiger partial charge on any atom is 0.414 e. The molecule has 2 atom stereocenters. The third kappa shape index (κ3) is 7.14. The van der Waals surface area contributed by atoms with Gasteiger partial charge < -0.3 is 20.0 Å². The van der Waals surface area contributed by atoms with Gasteiger partial charge in [-0.3, -0.25) is 14.5 Å². The molecule has 2 amide bonds. The standard InChI is InChI=1S/C31H36F4N6O2/c1-38(2)22-8-9-40(19-22)18-20-4-6-26(32)23(14-20)21-5-7-28(41-12-10-39(3)11-13-41)27(15-21)37-30(43)24-17-36-29(42)16-25(24)31(33,34)35/h4-7,14-17,22,24H,8-13,18-19H2,1-3H3,(H,37,43)/t22-,24?/m1/s1. The van der Waals surface area contributed by atoms with Crippen LogP contribution in [0.1, 0.15) is 12.0 Å². The summed E-state index contributed by atoms with van der Waals surface area (Å²) in [5.74, 6) is -4.29. The lowest BCUT2D eigenvalue weighted by Crippen LogP contribution is -2.44. The van der Waals surface area contributed by atoms with Crippen LogP contribution in [0.5, 0.6) is 0 Å². The lowest BCUT2D eigenvalue weighted by atomic mass is 9.95. The Kier molecular flexibility index (Phi) is 9.00. The first-order chi connectivity index (χ1) is 20.4. The van der Waals surface area contributed by atoms with Crippen molar-refractivity contribution in [1.82, 2.24) is 14.7 Å². The predicted octanol–water partition coefficient (Wildman–Crippen LogP) is 4.03. The fourth-order valence-corrected chi connectivity index (χ4v) is 5.82. The molecule has 0 spiro atoms. The molecular weight excluding hydrogens is 564 g/mol. The van der Waals surface area contributed by atoms with Crippen molar-refractivity contribution in [2.24, 2.45) is 10.9 Å². The van der Waals surface area contributed by atoms with Crippen LogP contribution in [0.15, 0.2) is 53.0 Å². The van der Waals surface area contributed by atoms with E-state index >= 15 is 4.39 Å². The Hall–Kier alpha value is -3.61. The Bertz CT molecular complexity index is 1430. The first-order valence-electron chi connectivity index (χ1n) is 14.3. The molecule has 2 saturated heterocycles. The van der Waals surface area contributed by atoms with Crippen LogP contribution in [0.2, 0.25) is 0 Å². The minimum absolute atomic E-state index is 0.261. The number of aliphatic imine (C=N–C) groups is 1. The zero-order chi connectivity index (χ0) is 30.9. The van der Waals surface area contributed by atoms with Gasteiger partial charge in [0.2, 0.25) is 5.91 Å². The predicted molar refractivity (Wildman–Crippen MR) is 159 cm³/mol. The lowest BCUT2D eigenvalue weighted by Gasteiger charge is -2.35. The smallest absolute Gasteiger partial charge is 0.367 e. The Balaban J connectivity index is 1.46. The number of anilines is 2. The number of hydrogen-bond donors (Lipinski definition) is 1. The first kappa shape index (κ1) is 30.8. The number of rotatable bonds is 7. The quantitative estimate of drug-likeness (QED) is 0.484. The number of benzene rings is 2. The second-order valence-electron chi connectivity index (χ2n) is 11.7. The van der Waals surface area contributed by atoms with Crippen molar-refractivity contribution in [3.8, 4) is 11.1 Å². The Morgan fingerprint density at radius 3 is 2.49 bits per heavy atom. The number of hydrogen-bond acceptors (Lipinski definition) is 6. The van der Waals surface area contributed by atoms with E-state index in [1.54, 1.807) is 30.3 Å². The fourth-order valence-electron chi connectivity index (χ4n) is 5.82. The van der Waals surface area contributed by atoms with E-state index in [1.165, 1.54) is 6.07 Å². The summed E-state index contributed by atoms with van der Waals surface area (Å²) in [4.78, 5) is 37.0.